The summed E-state index contributed by atoms with van der Waals surface area (Å²) in [6.07, 6.45) is 2.19. The van der Waals surface area contributed by atoms with E-state index in [9.17, 15) is 0 Å². The molecule has 2 rings (SSSR count). The summed E-state index contributed by atoms with van der Waals surface area (Å²) in [5.74, 6) is 2.51. The van der Waals surface area contributed by atoms with Crippen molar-refractivity contribution in [3.8, 4) is 0 Å². The van der Waals surface area contributed by atoms with Gasteiger partial charge in [-0.15, -0.1) is 21.8 Å². The molecule has 0 radical (unpaired) electrons. The van der Waals surface area contributed by atoms with Gasteiger partial charge in [-0.3, -0.25) is 0 Å². The minimum atomic E-state index is 0.338. The Labute approximate surface area is 106 Å². The van der Waals surface area contributed by atoms with Crippen LogP contribution in [0.4, 0.5) is 0 Å². The highest BCUT2D eigenvalue weighted by Gasteiger charge is 2.23. The minimum absolute atomic E-state index is 0.338. The van der Waals surface area contributed by atoms with E-state index < -0.39 is 0 Å². The number of methoxy groups -OCH3 is 1. The number of rotatable bonds is 5. The molecule has 0 saturated carbocycles. The predicted molar refractivity (Wildman–Crippen MR) is 64.2 cm³/mol. The Morgan fingerprint density at radius 3 is 3.06 bits per heavy atom. The van der Waals surface area contributed by atoms with Crippen LogP contribution in [0.25, 0.3) is 0 Å². The summed E-state index contributed by atoms with van der Waals surface area (Å²) in [5.41, 5.74) is 0. The number of ether oxygens (including phenoxy) is 2. The molecule has 96 valence electrons. The van der Waals surface area contributed by atoms with Gasteiger partial charge in [-0.25, -0.2) is 0 Å². The Morgan fingerprint density at radius 1 is 1.53 bits per heavy atom. The molecule has 0 aromatic carbocycles. The van der Waals surface area contributed by atoms with Crippen LogP contribution in [0.5, 0.6) is 0 Å². The van der Waals surface area contributed by atoms with Gasteiger partial charge in [-0.1, -0.05) is 0 Å². The number of hydrogen-bond donors (Lipinski definition) is 0. The van der Waals surface area contributed by atoms with Crippen molar-refractivity contribution in [2.24, 2.45) is 0 Å². The maximum atomic E-state index is 5.87. The summed E-state index contributed by atoms with van der Waals surface area (Å²) >= 11 is 5.87. The van der Waals surface area contributed by atoms with Gasteiger partial charge >= 0.3 is 0 Å². The third kappa shape index (κ3) is 2.97. The van der Waals surface area contributed by atoms with E-state index in [2.05, 4.69) is 14.8 Å². The standard InChI is InChI=1S/C11H18ClN3O2/c1-16-6-4-15-10(7-12)13-14-11(15)9-3-2-5-17-8-9/h9H,2-8H2,1H3. The van der Waals surface area contributed by atoms with Gasteiger partial charge < -0.3 is 14.0 Å². The molecule has 1 aliphatic heterocycles. The zero-order valence-corrected chi connectivity index (χ0v) is 10.8. The van der Waals surface area contributed by atoms with Gasteiger partial charge in [0, 0.05) is 26.2 Å². The van der Waals surface area contributed by atoms with Crippen molar-refractivity contribution in [3.05, 3.63) is 11.6 Å². The molecule has 6 heteroatoms. The maximum absolute atomic E-state index is 5.87. The van der Waals surface area contributed by atoms with Crippen LogP contribution in [-0.4, -0.2) is 41.7 Å². The molecule has 0 aliphatic carbocycles. The smallest absolute Gasteiger partial charge is 0.148 e. The second-order valence-electron chi connectivity index (χ2n) is 4.17. The third-order valence-corrected chi connectivity index (χ3v) is 3.26. The van der Waals surface area contributed by atoms with Crippen molar-refractivity contribution in [2.75, 3.05) is 26.9 Å². The lowest BCUT2D eigenvalue weighted by atomic mass is 10.0. The van der Waals surface area contributed by atoms with E-state index in [0.717, 1.165) is 44.2 Å². The number of nitrogens with zero attached hydrogens (tertiary/aromatic N) is 3. The molecule has 1 unspecified atom stereocenters. The van der Waals surface area contributed by atoms with Gasteiger partial charge in [-0.2, -0.15) is 0 Å². The van der Waals surface area contributed by atoms with E-state index in [0.29, 0.717) is 18.4 Å². The zero-order valence-electron chi connectivity index (χ0n) is 10.1. The van der Waals surface area contributed by atoms with Crippen LogP contribution in [0.3, 0.4) is 0 Å². The lowest BCUT2D eigenvalue weighted by molar-refractivity contribution is 0.0762. The normalized spacial score (nSPS) is 20.7. The number of alkyl halides is 1. The minimum Gasteiger partial charge on any atom is -0.383 e. The highest BCUT2D eigenvalue weighted by Crippen LogP contribution is 2.24. The maximum Gasteiger partial charge on any atom is 0.148 e. The van der Waals surface area contributed by atoms with Crippen molar-refractivity contribution < 1.29 is 9.47 Å². The van der Waals surface area contributed by atoms with Gasteiger partial charge in [0.2, 0.25) is 0 Å². The van der Waals surface area contributed by atoms with Crippen LogP contribution in [0.2, 0.25) is 0 Å². The quantitative estimate of drug-likeness (QED) is 0.753. The fourth-order valence-corrected chi connectivity index (χ4v) is 2.32. The van der Waals surface area contributed by atoms with E-state index in [-0.39, 0.29) is 0 Å². The van der Waals surface area contributed by atoms with Gasteiger partial charge in [0.05, 0.1) is 19.1 Å². The third-order valence-electron chi connectivity index (χ3n) is 3.02. The number of aromatic nitrogens is 3. The fourth-order valence-electron chi connectivity index (χ4n) is 2.12. The summed E-state index contributed by atoms with van der Waals surface area (Å²) in [7, 11) is 1.69. The summed E-state index contributed by atoms with van der Waals surface area (Å²) in [4.78, 5) is 0. The highest BCUT2D eigenvalue weighted by atomic mass is 35.5. The Bertz CT molecular complexity index is 350. The lowest BCUT2D eigenvalue weighted by Crippen LogP contribution is -2.21. The number of halogens is 1. The molecule has 1 aliphatic rings. The van der Waals surface area contributed by atoms with Crippen molar-refractivity contribution >= 4 is 11.6 Å². The lowest BCUT2D eigenvalue weighted by Gasteiger charge is -2.22. The molecular weight excluding hydrogens is 242 g/mol. The topological polar surface area (TPSA) is 49.2 Å². The largest absolute Gasteiger partial charge is 0.383 e. The highest BCUT2D eigenvalue weighted by molar-refractivity contribution is 6.16. The summed E-state index contributed by atoms with van der Waals surface area (Å²) in [6.45, 7) is 2.97. The second kappa shape index (κ2) is 6.33. The van der Waals surface area contributed by atoms with Crippen molar-refractivity contribution in [1.82, 2.24) is 14.8 Å². The van der Waals surface area contributed by atoms with E-state index >= 15 is 0 Å². The van der Waals surface area contributed by atoms with Crippen LogP contribution in [0.15, 0.2) is 0 Å². The Kier molecular flexibility index (Phi) is 4.76. The summed E-state index contributed by atoms with van der Waals surface area (Å²) in [5, 5.41) is 8.39. The SMILES string of the molecule is COCCn1c(CCl)nnc1C1CCCOC1. The first-order chi connectivity index (χ1) is 8.36. The fraction of sp³-hybridized carbons (Fsp3) is 0.818. The van der Waals surface area contributed by atoms with Crippen molar-refractivity contribution in [1.29, 1.82) is 0 Å². The molecule has 1 aromatic rings. The molecule has 0 bridgehead atoms. The summed E-state index contributed by atoms with van der Waals surface area (Å²) in [6, 6.07) is 0. The average Bonchev–Trinajstić information content (AvgIpc) is 2.80. The second-order valence-corrected chi connectivity index (χ2v) is 4.43. The molecule has 1 aromatic heterocycles. The zero-order chi connectivity index (χ0) is 12.1. The van der Waals surface area contributed by atoms with Gasteiger partial charge in [0.25, 0.3) is 0 Å². The first-order valence-corrected chi connectivity index (χ1v) is 6.45. The Hall–Kier alpha value is -0.650. The molecule has 5 nitrogen and oxygen atoms in total. The summed E-state index contributed by atoms with van der Waals surface area (Å²) < 4.78 is 12.7. The molecule has 2 heterocycles. The molecule has 0 N–H and O–H groups in total. The first kappa shape index (κ1) is 12.8. The molecule has 1 saturated heterocycles. The van der Waals surface area contributed by atoms with E-state index in [1.807, 2.05) is 0 Å². The molecule has 1 atom stereocenters. The number of hydrogen-bond acceptors (Lipinski definition) is 4. The van der Waals surface area contributed by atoms with Gasteiger partial charge in [0.15, 0.2) is 0 Å². The van der Waals surface area contributed by atoms with Crippen LogP contribution in [-0.2, 0) is 21.9 Å². The van der Waals surface area contributed by atoms with Crippen molar-refractivity contribution in [3.63, 3.8) is 0 Å². The van der Waals surface area contributed by atoms with Gasteiger partial charge in [0.1, 0.15) is 11.6 Å². The van der Waals surface area contributed by atoms with Crippen LogP contribution < -0.4 is 0 Å². The van der Waals surface area contributed by atoms with Crippen LogP contribution in [0, 0.1) is 0 Å². The van der Waals surface area contributed by atoms with Crippen LogP contribution >= 0.6 is 11.6 Å². The van der Waals surface area contributed by atoms with Gasteiger partial charge in [-0.05, 0) is 12.8 Å². The molecule has 0 spiro atoms. The molecule has 1 fully saturated rings. The molecule has 0 amide bonds. The van der Waals surface area contributed by atoms with Crippen LogP contribution in [0.1, 0.15) is 30.4 Å². The predicted octanol–water partition coefficient (Wildman–Crippen LogP) is 1.56. The monoisotopic (exact) mass is 259 g/mol. The Balaban J connectivity index is 2.16. The van der Waals surface area contributed by atoms with E-state index in [1.54, 1.807) is 7.11 Å². The van der Waals surface area contributed by atoms with E-state index in [1.165, 1.54) is 0 Å². The van der Waals surface area contributed by atoms with Crippen molar-refractivity contribution in [2.45, 2.75) is 31.2 Å². The van der Waals surface area contributed by atoms with E-state index in [4.69, 9.17) is 21.1 Å². The molecular formula is C11H18ClN3O2. The molecule has 17 heavy (non-hydrogen) atoms. The first-order valence-electron chi connectivity index (χ1n) is 5.91. The average molecular weight is 260 g/mol. The Morgan fingerprint density at radius 2 is 2.41 bits per heavy atom.